The number of benzene rings is 2. The molecule has 0 aliphatic carbocycles. The Hall–Kier alpha value is -2.29. The summed E-state index contributed by atoms with van der Waals surface area (Å²) in [7, 11) is 0. The molecule has 1 heterocycles. The SMILES string of the molecule is CCCCC(C=O)N1c2ccccc2C(Nc2ccccc2)CC1C. The zero-order valence-electron chi connectivity index (χ0n) is 15.2. The lowest BCUT2D eigenvalue weighted by Crippen LogP contribution is -2.47. The monoisotopic (exact) mass is 336 g/mol. The molecule has 3 nitrogen and oxygen atoms in total. The van der Waals surface area contributed by atoms with Crippen molar-refractivity contribution in [3.05, 3.63) is 60.2 Å². The van der Waals surface area contributed by atoms with Crippen LogP contribution >= 0.6 is 0 Å². The van der Waals surface area contributed by atoms with Crippen molar-refractivity contribution < 1.29 is 4.79 Å². The van der Waals surface area contributed by atoms with Gasteiger partial charge in [0.15, 0.2) is 0 Å². The first kappa shape index (κ1) is 17.5. The number of fused-ring (bicyclic) bond motifs is 1. The molecular weight excluding hydrogens is 308 g/mol. The predicted molar refractivity (Wildman–Crippen MR) is 105 cm³/mol. The summed E-state index contributed by atoms with van der Waals surface area (Å²) in [6.45, 7) is 4.41. The van der Waals surface area contributed by atoms with Gasteiger partial charge < -0.3 is 15.0 Å². The van der Waals surface area contributed by atoms with E-state index in [-0.39, 0.29) is 12.1 Å². The van der Waals surface area contributed by atoms with Crippen molar-refractivity contribution >= 4 is 17.7 Å². The zero-order valence-corrected chi connectivity index (χ0v) is 15.2. The Bertz CT molecular complexity index is 685. The van der Waals surface area contributed by atoms with Crippen molar-refractivity contribution in [3.8, 4) is 0 Å². The largest absolute Gasteiger partial charge is 0.378 e. The van der Waals surface area contributed by atoms with E-state index < -0.39 is 0 Å². The number of carbonyl (C=O) groups excluding carboxylic acids is 1. The Labute approximate surface area is 151 Å². The second kappa shape index (κ2) is 8.19. The van der Waals surface area contributed by atoms with Crippen molar-refractivity contribution in [3.63, 3.8) is 0 Å². The van der Waals surface area contributed by atoms with Gasteiger partial charge in [0.1, 0.15) is 6.29 Å². The van der Waals surface area contributed by atoms with Gasteiger partial charge in [-0.2, -0.15) is 0 Å². The number of para-hydroxylation sites is 2. The molecular formula is C22H28N2O. The van der Waals surface area contributed by atoms with Gasteiger partial charge >= 0.3 is 0 Å². The highest BCUT2D eigenvalue weighted by molar-refractivity contribution is 5.70. The van der Waals surface area contributed by atoms with Crippen molar-refractivity contribution in [2.75, 3.05) is 10.2 Å². The van der Waals surface area contributed by atoms with E-state index in [9.17, 15) is 4.79 Å². The number of hydrogen-bond donors (Lipinski definition) is 1. The van der Waals surface area contributed by atoms with Crippen LogP contribution in [-0.2, 0) is 4.79 Å². The van der Waals surface area contributed by atoms with Gasteiger partial charge in [-0.3, -0.25) is 0 Å². The fourth-order valence-corrected chi connectivity index (χ4v) is 3.90. The van der Waals surface area contributed by atoms with Gasteiger partial charge in [-0.25, -0.2) is 0 Å². The summed E-state index contributed by atoms with van der Waals surface area (Å²) in [5, 5.41) is 3.67. The molecule has 0 saturated carbocycles. The van der Waals surface area contributed by atoms with Crippen LogP contribution in [0.25, 0.3) is 0 Å². The Balaban J connectivity index is 1.90. The van der Waals surface area contributed by atoms with E-state index in [1.54, 1.807) is 0 Å². The maximum Gasteiger partial charge on any atom is 0.142 e. The molecule has 2 aromatic carbocycles. The number of carbonyl (C=O) groups is 1. The average molecular weight is 336 g/mol. The molecule has 25 heavy (non-hydrogen) atoms. The summed E-state index contributed by atoms with van der Waals surface area (Å²) in [5.74, 6) is 0. The number of hydrogen-bond acceptors (Lipinski definition) is 3. The minimum absolute atomic E-state index is 0.0335. The van der Waals surface area contributed by atoms with Gasteiger partial charge in [-0.15, -0.1) is 0 Å². The van der Waals surface area contributed by atoms with E-state index >= 15 is 0 Å². The molecule has 0 radical (unpaired) electrons. The van der Waals surface area contributed by atoms with Crippen molar-refractivity contribution in [1.29, 1.82) is 0 Å². The molecule has 1 aliphatic heterocycles. The van der Waals surface area contributed by atoms with E-state index in [2.05, 4.69) is 72.6 Å². The molecule has 3 rings (SSSR count). The normalized spacial score (nSPS) is 20.6. The fraction of sp³-hybridized carbons (Fsp3) is 0.409. The van der Waals surface area contributed by atoms with Crippen LogP contribution in [0, 0.1) is 0 Å². The topological polar surface area (TPSA) is 32.3 Å². The van der Waals surface area contributed by atoms with Gasteiger partial charge in [0, 0.05) is 17.4 Å². The van der Waals surface area contributed by atoms with Crippen LogP contribution in [0.4, 0.5) is 11.4 Å². The van der Waals surface area contributed by atoms with Gasteiger partial charge in [-0.05, 0) is 43.5 Å². The molecule has 1 aliphatic rings. The Kier molecular flexibility index (Phi) is 5.75. The van der Waals surface area contributed by atoms with Gasteiger partial charge in [0.05, 0.1) is 12.1 Å². The second-order valence-electron chi connectivity index (χ2n) is 6.96. The van der Waals surface area contributed by atoms with E-state index in [4.69, 9.17) is 0 Å². The van der Waals surface area contributed by atoms with Gasteiger partial charge in [0.2, 0.25) is 0 Å². The molecule has 3 heteroatoms. The molecule has 3 atom stereocenters. The van der Waals surface area contributed by atoms with E-state index in [0.29, 0.717) is 6.04 Å². The van der Waals surface area contributed by atoms with Crippen molar-refractivity contribution in [2.24, 2.45) is 0 Å². The lowest BCUT2D eigenvalue weighted by atomic mass is 9.89. The molecule has 0 amide bonds. The first-order valence-corrected chi connectivity index (χ1v) is 9.38. The lowest BCUT2D eigenvalue weighted by molar-refractivity contribution is -0.109. The third kappa shape index (κ3) is 3.87. The van der Waals surface area contributed by atoms with Crippen molar-refractivity contribution in [1.82, 2.24) is 0 Å². The first-order chi connectivity index (χ1) is 12.2. The summed E-state index contributed by atoms with van der Waals surface area (Å²) in [5.41, 5.74) is 3.62. The summed E-state index contributed by atoms with van der Waals surface area (Å²) < 4.78 is 0. The molecule has 0 spiro atoms. The highest BCUT2D eigenvalue weighted by Gasteiger charge is 2.33. The highest BCUT2D eigenvalue weighted by Crippen LogP contribution is 2.40. The van der Waals surface area contributed by atoms with Gasteiger partial charge in [-0.1, -0.05) is 56.2 Å². The van der Waals surface area contributed by atoms with E-state index in [1.807, 2.05) is 6.07 Å². The average Bonchev–Trinajstić information content (AvgIpc) is 2.65. The highest BCUT2D eigenvalue weighted by atomic mass is 16.1. The zero-order chi connectivity index (χ0) is 17.6. The van der Waals surface area contributed by atoms with Crippen LogP contribution in [0.2, 0.25) is 0 Å². The molecule has 0 bridgehead atoms. The molecule has 3 unspecified atom stereocenters. The van der Waals surface area contributed by atoms with Crippen molar-refractivity contribution in [2.45, 2.75) is 57.7 Å². The second-order valence-corrected chi connectivity index (χ2v) is 6.96. The summed E-state index contributed by atoms with van der Waals surface area (Å²) in [6, 6.07) is 19.4. The minimum Gasteiger partial charge on any atom is -0.378 e. The molecule has 0 aromatic heterocycles. The molecule has 2 aromatic rings. The number of nitrogens with one attached hydrogen (secondary N) is 1. The Morgan fingerprint density at radius 3 is 2.60 bits per heavy atom. The van der Waals surface area contributed by atoms with Crippen LogP contribution in [-0.4, -0.2) is 18.4 Å². The van der Waals surface area contributed by atoms with Crippen LogP contribution in [0.3, 0.4) is 0 Å². The molecule has 132 valence electrons. The first-order valence-electron chi connectivity index (χ1n) is 9.38. The van der Waals surface area contributed by atoms with Crippen LogP contribution in [0.1, 0.15) is 51.1 Å². The minimum atomic E-state index is -0.0335. The van der Waals surface area contributed by atoms with Gasteiger partial charge in [0.25, 0.3) is 0 Å². The maximum absolute atomic E-state index is 11.8. The third-order valence-electron chi connectivity index (χ3n) is 5.12. The third-order valence-corrected chi connectivity index (χ3v) is 5.12. The summed E-state index contributed by atoms with van der Waals surface area (Å²) in [4.78, 5) is 14.1. The Morgan fingerprint density at radius 2 is 1.88 bits per heavy atom. The van der Waals surface area contributed by atoms with E-state index in [1.165, 1.54) is 11.3 Å². The van der Waals surface area contributed by atoms with Crippen LogP contribution in [0.5, 0.6) is 0 Å². The number of nitrogens with zero attached hydrogens (tertiary/aromatic N) is 1. The quantitative estimate of drug-likeness (QED) is 0.706. The van der Waals surface area contributed by atoms with Crippen LogP contribution in [0.15, 0.2) is 54.6 Å². The smallest absolute Gasteiger partial charge is 0.142 e. The molecule has 1 N–H and O–H groups in total. The van der Waals surface area contributed by atoms with Crippen LogP contribution < -0.4 is 10.2 Å². The molecule has 0 fully saturated rings. The number of anilines is 2. The Morgan fingerprint density at radius 1 is 1.16 bits per heavy atom. The fourth-order valence-electron chi connectivity index (χ4n) is 3.90. The standard InChI is InChI=1S/C22H28N2O/c1-3-4-12-19(16-25)24-17(2)15-21(20-13-8-9-14-22(20)24)23-18-10-6-5-7-11-18/h5-11,13-14,16-17,19,21,23H,3-4,12,15H2,1-2H3. The summed E-state index contributed by atoms with van der Waals surface area (Å²) >= 11 is 0. The van der Waals surface area contributed by atoms with E-state index in [0.717, 1.165) is 37.7 Å². The number of rotatable bonds is 7. The summed E-state index contributed by atoms with van der Waals surface area (Å²) in [6.07, 6.45) is 5.25. The number of unbranched alkanes of at least 4 members (excludes halogenated alkanes) is 1. The number of aldehydes is 1. The molecule has 0 saturated heterocycles. The lowest BCUT2D eigenvalue weighted by Gasteiger charge is -2.44. The maximum atomic E-state index is 11.8. The predicted octanol–water partition coefficient (Wildman–Crippen LogP) is 5.20.